The number of ether oxygens (including phenoxy) is 2. The molecule has 32 heavy (non-hydrogen) atoms. The predicted molar refractivity (Wildman–Crippen MR) is 120 cm³/mol. The Kier molecular flexibility index (Phi) is 4.75. The summed E-state index contributed by atoms with van der Waals surface area (Å²) in [5, 5.41) is 0.556. The number of aryl methyl sites for hydroxylation is 1. The van der Waals surface area contributed by atoms with Crippen molar-refractivity contribution in [3.63, 3.8) is 0 Å². The molecule has 6 heterocycles. The van der Waals surface area contributed by atoms with Crippen LogP contribution in [0.15, 0.2) is 12.2 Å². The Morgan fingerprint density at radius 3 is 3.06 bits per heavy atom. The van der Waals surface area contributed by atoms with E-state index in [0.29, 0.717) is 36.2 Å². The molecule has 6 rings (SSSR count). The largest absolute Gasteiger partial charge is 0.475 e. The molecule has 0 amide bonds. The van der Waals surface area contributed by atoms with Gasteiger partial charge in [-0.05, 0) is 51.5 Å². The quantitative estimate of drug-likeness (QED) is 0.677. The van der Waals surface area contributed by atoms with E-state index in [1.165, 1.54) is 6.42 Å². The zero-order valence-corrected chi connectivity index (χ0v) is 18.8. The maximum atomic E-state index is 15.2. The molecule has 0 aliphatic carbocycles. The van der Waals surface area contributed by atoms with Crippen LogP contribution >= 0.6 is 0 Å². The Balaban J connectivity index is 1.42. The number of aromatic nitrogens is 3. The molecule has 4 aliphatic heterocycles. The number of hydrogen-bond acceptors (Lipinski definition) is 7. The molecule has 2 aromatic rings. The lowest BCUT2D eigenvalue weighted by Gasteiger charge is -2.32. The molecule has 0 N–H and O–H groups in total. The van der Waals surface area contributed by atoms with Gasteiger partial charge in [0.1, 0.15) is 29.9 Å². The van der Waals surface area contributed by atoms with Gasteiger partial charge in [-0.1, -0.05) is 19.1 Å². The van der Waals surface area contributed by atoms with Crippen LogP contribution in [-0.4, -0.2) is 64.3 Å². The van der Waals surface area contributed by atoms with Crippen LogP contribution in [0.25, 0.3) is 10.9 Å². The summed E-state index contributed by atoms with van der Waals surface area (Å²) < 4.78 is 27.6. The van der Waals surface area contributed by atoms with E-state index in [1.807, 2.05) is 0 Å². The molecule has 0 spiro atoms. The van der Waals surface area contributed by atoms with Crippen molar-refractivity contribution in [1.29, 1.82) is 0 Å². The SMILES string of the molecule is Cc1nc2c3c(nc(OC[C@@]45CCCN4C[C@H](C)C5)nc3c1F)N1CCC=CC[C@H]1CO2. The van der Waals surface area contributed by atoms with Crippen molar-refractivity contribution in [2.24, 2.45) is 5.92 Å². The fourth-order valence-electron chi connectivity index (χ4n) is 6.12. The molecule has 0 bridgehead atoms. The summed E-state index contributed by atoms with van der Waals surface area (Å²) >= 11 is 0. The van der Waals surface area contributed by atoms with Gasteiger partial charge in [0.05, 0.1) is 17.3 Å². The smallest absolute Gasteiger partial charge is 0.319 e. The van der Waals surface area contributed by atoms with Crippen molar-refractivity contribution in [2.45, 2.75) is 57.5 Å². The molecule has 0 unspecified atom stereocenters. The third-order valence-electron chi connectivity index (χ3n) is 7.59. The molecule has 3 atom stereocenters. The Morgan fingerprint density at radius 2 is 2.16 bits per heavy atom. The number of nitrogens with zero attached hydrogens (tertiary/aromatic N) is 5. The number of halogens is 1. The van der Waals surface area contributed by atoms with E-state index in [1.54, 1.807) is 6.92 Å². The maximum Gasteiger partial charge on any atom is 0.319 e. The average molecular weight is 440 g/mol. The third kappa shape index (κ3) is 3.14. The first kappa shape index (κ1) is 20.1. The lowest BCUT2D eigenvalue weighted by atomic mass is 9.92. The lowest BCUT2D eigenvalue weighted by Crippen LogP contribution is -2.43. The number of fused-ring (bicyclic) bond motifs is 3. The second-order valence-corrected chi connectivity index (χ2v) is 9.90. The summed E-state index contributed by atoms with van der Waals surface area (Å²) in [6, 6.07) is 0.374. The van der Waals surface area contributed by atoms with Crippen molar-refractivity contribution < 1.29 is 13.9 Å². The zero-order chi connectivity index (χ0) is 21.9. The average Bonchev–Trinajstić information content (AvgIpc) is 3.12. The van der Waals surface area contributed by atoms with Crippen LogP contribution in [0.2, 0.25) is 0 Å². The van der Waals surface area contributed by atoms with Gasteiger partial charge in [-0.2, -0.15) is 9.97 Å². The van der Waals surface area contributed by atoms with E-state index in [-0.39, 0.29) is 28.8 Å². The highest BCUT2D eigenvalue weighted by Crippen LogP contribution is 2.42. The molecule has 4 aliphatic rings. The standard InChI is InChI=1S/C24H30FN5O2/c1-15-11-24(8-6-9-29(24)12-15)14-32-23-27-20-18-21(28-23)30-10-5-3-4-7-17(30)13-31-22(18)26-16(2)19(20)25/h3-4,15,17H,5-14H2,1-2H3/t15-,17+,24+/m1/s1. The normalized spacial score (nSPS) is 29.4. The maximum absolute atomic E-state index is 15.2. The molecule has 7 nitrogen and oxygen atoms in total. The Labute approximate surface area is 187 Å². The zero-order valence-electron chi connectivity index (χ0n) is 18.8. The second-order valence-electron chi connectivity index (χ2n) is 9.90. The molecule has 0 radical (unpaired) electrons. The van der Waals surface area contributed by atoms with Crippen molar-refractivity contribution >= 4 is 16.7 Å². The van der Waals surface area contributed by atoms with Gasteiger partial charge in [0, 0.05) is 13.1 Å². The molecule has 0 saturated carbocycles. The minimum Gasteiger partial charge on any atom is -0.475 e. The van der Waals surface area contributed by atoms with Crippen LogP contribution in [0.4, 0.5) is 10.2 Å². The van der Waals surface area contributed by atoms with E-state index in [4.69, 9.17) is 14.5 Å². The van der Waals surface area contributed by atoms with Gasteiger partial charge in [0.25, 0.3) is 0 Å². The molecule has 2 aromatic heterocycles. The second kappa shape index (κ2) is 7.54. The van der Waals surface area contributed by atoms with E-state index >= 15 is 4.39 Å². The van der Waals surface area contributed by atoms with Crippen LogP contribution in [0.5, 0.6) is 11.9 Å². The first-order chi connectivity index (χ1) is 15.5. The number of hydrogen-bond donors (Lipinski definition) is 0. The molecule has 0 aromatic carbocycles. The minimum atomic E-state index is -0.428. The van der Waals surface area contributed by atoms with Crippen molar-refractivity contribution in [3.05, 3.63) is 23.7 Å². The monoisotopic (exact) mass is 439 g/mol. The Hall–Kier alpha value is -2.48. The van der Waals surface area contributed by atoms with Crippen molar-refractivity contribution in [2.75, 3.05) is 37.7 Å². The van der Waals surface area contributed by atoms with Gasteiger partial charge in [0.15, 0.2) is 5.82 Å². The molecule has 2 fully saturated rings. The van der Waals surface area contributed by atoms with Crippen LogP contribution < -0.4 is 14.4 Å². The van der Waals surface area contributed by atoms with E-state index in [0.717, 1.165) is 45.3 Å². The predicted octanol–water partition coefficient (Wildman–Crippen LogP) is 3.64. The summed E-state index contributed by atoms with van der Waals surface area (Å²) in [5.41, 5.74) is 0.582. The van der Waals surface area contributed by atoms with E-state index < -0.39 is 5.82 Å². The lowest BCUT2D eigenvalue weighted by molar-refractivity contribution is 0.107. The fraction of sp³-hybridized carbons (Fsp3) is 0.625. The first-order valence-corrected chi connectivity index (χ1v) is 11.8. The van der Waals surface area contributed by atoms with Crippen molar-refractivity contribution in [1.82, 2.24) is 19.9 Å². The van der Waals surface area contributed by atoms with Crippen molar-refractivity contribution in [3.8, 4) is 11.9 Å². The summed E-state index contributed by atoms with van der Waals surface area (Å²) in [5.74, 6) is 1.33. The Morgan fingerprint density at radius 1 is 1.25 bits per heavy atom. The van der Waals surface area contributed by atoms with Crippen LogP contribution in [0.3, 0.4) is 0 Å². The molecule has 2 saturated heterocycles. The Bertz CT molecular complexity index is 1090. The van der Waals surface area contributed by atoms with Gasteiger partial charge in [0.2, 0.25) is 5.88 Å². The number of anilines is 1. The van der Waals surface area contributed by atoms with Crippen LogP contribution in [0.1, 0.15) is 44.7 Å². The van der Waals surface area contributed by atoms with Crippen LogP contribution in [-0.2, 0) is 0 Å². The first-order valence-electron chi connectivity index (χ1n) is 11.8. The fourth-order valence-corrected chi connectivity index (χ4v) is 6.12. The van der Waals surface area contributed by atoms with E-state index in [2.05, 4.69) is 38.8 Å². The number of rotatable bonds is 3. The van der Waals surface area contributed by atoms with Gasteiger partial charge < -0.3 is 14.4 Å². The van der Waals surface area contributed by atoms with Gasteiger partial charge in [-0.3, -0.25) is 4.90 Å². The number of pyridine rings is 1. The van der Waals surface area contributed by atoms with Gasteiger partial charge in [-0.25, -0.2) is 9.37 Å². The highest BCUT2D eigenvalue weighted by atomic mass is 19.1. The van der Waals surface area contributed by atoms with E-state index in [9.17, 15) is 0 Å². The third-order valence-corrected chi connectivity index (χ3v) is 7.59. The van der Waals surface area contributed by atoms with Gasteiger partial charge in [-0.15, -0.1) is 0 Å². The molecule has 170 valence electrons. The molecule has 8 heteroatoms. The molecular formula is C24H30FN5O2. The highest BCUT2D eigenvalue weighted by Gasteiger charge is 2.47. The summed E-state index contributed by atoms with van der Waals surface area (Å²) in [6.07, 6.45) is 9.60. The summed E-state index contributed by atoms with van der Waals surface area (Å²) in [6.45, 7) is 8.03. The van der Waals surface area contributed by atoms with Gasteiger partial charge >= 0.3 is 6.01 Å². The topological polar surface area (TPSA) is 63.6 Å². The highest BCUT2D eigenvalue weighted by molar-refractivity contribution is 5.95. The minimum absolute atomic E-state index is 0.0574. The summed E-state index contributed by atoms with van der Waals surface area (Å²) in [7, 11) is 0. The van der Waals surface area contributed by atoms with Crippen LogP contribution in [0, 0.1) is 18.7 Å². The molecular weight excluding hydrogens is 409 g/mol. The summed E-state index contributed by atoms with van der Waals surface area (Å²) in [4.78, 5) is 18.6.